The molecule has 0 spiro atoms. The molecule has 0 saturated carbocycles. The molecule has 0 aliphatic heterocycles. The fourth-order valence-electron chi connectivity index (χ4n) is 5.98. The smallest absolute Gasteiger partial charge is 0.462 e. The zero-order valence-electron chi connectivity index (χ0n) is 36.0. The first kappa shape index (κ1) is 54.9. The van der Waals surface area contributed by atoms with Gasteiger partial charge in [0.1, 0.15) is 12.7 Å². The first-order valence-corrected chi connectivity index (χ1v) is 24.1. The van der Waals surface area contributed by atoms with Crippen LogP contribution in [0.15, 0.2) is 48.6 Å². The third-order valence-electron chi connectivity index (χ3n) is 9.47. The highest BCUT2D eigenvalue weighted by atomic mass is 31.2. The summed E-state index contributed by atoms with van der Waals surface area (Å²) in [6.45, 7) is 2.29. The standard InChI is InChI=1S/C46H83O10P/c1-3-5-7-9-11-13-15-17-19-21-23-25-27-29-31-33-35-37-45(49)53-41-44(42-55-57(51,52)54-40-43(48)39-47)56-46(50)38-36-34-32-30-28-26-24-22-20-18-16-14-12-10-8-6-4-2/h7,9,13,15,19,21,25,27,43-44,47-48H,3-6,8,10-12,14,16-18,20,22-24,26,28-42H2,1-2H3,(H,51,52)/b9-7+,15-13+,21-19+,27-25+/t43-,44+/m0/s1. The second-order valence-electron chi connectivity index (χ2n) is 15.1. The summed E-state index contributed by atoms with van der Waals surface area (Å²) < 4.78 is 32.7. The predicted molar refractivity (Wildman–Crippen MR) is 233 cm³/mol. The Labute approximate surface area is 347 Å². The van der Waals surface area contributed by atoms with Gasteiger partial charge in [0.2, 0.25) is 0 Å². The maximum absolute atomic E-state index is 12.6. The van der Waals surface area contributed by atoms with Gasteiger partial charge in [-0.05, 0) is 51.4 Å². The van der Waals surface area contributed by atoms with E-state index in [1.54, 1.807) is 0 Å². The lowest BCUT2D eigenvalue weighted by atomic mass is 10.0. The van der Waals surface area contributed by atoms with Crippen molar-refractivity contribution in [3.63, 3.8) is 0 Å². The third-order valence-corrected chi connectivity index (χ3v) is 10.4. The molecule has 0 aliphatic rings. The summed E-state index contributed by atoms with van der Waals surface area (Å²) in [5.74, 6) is -0.957. The van der Waals surface area contributed by atoms with Gasteiger partial charge in [-0.3, -0.25) is 18.6 Å². The average molecular weight is 827 g/mol. The maximum atomic E-state index is 12.6. The number of carbonyl (C=O) groups is 2. The first-order chi connectivity index (χ1) is 27.7. The van der Waals surface area contributed by atoms with Crippen molar-refractivity contribution in [2.24, 2.45) is 0 Å². The summed E-state index contributed by atoms with van der Waals surface area (Å²) in [7, 11) is -4.63. The van der Waals surface area contributed by atoms with E-state index >= 15 is 0 Å². The Morgan fingerprint density at radius 1 is 0.526 bits per heavy atom. The summed E-state index contributed by atoms with van der Waals surface area (Å²) >= 11 is 0. The van der Waals surface area contributed by atoms with Crippen LogP contribution in [0.25, 0.3) is 0 Å². The summed E-state index contributed by atoms with van der Waals surface area (Å²) in [5.41, 5.74) is 0. The fraction of sp³-hybridized carbons (Fsp3) is 0.783. The number of phosphoric ester groups is 1. The highest BCUT2D eigenvalue weighted by Crippen LogP contribution is 2.43. The summed E-state index contributed by atoms with van der Waals surface area (Å²) in [4.78, 5) is 35.0. The molecule has 0 saturated heterocycles. The van der Waals surface area contributed by atoms with Crippen molar-refractivity contribution in [2.45, 2.75) is 206 Å². The van der Waals surface area contributed by atoms with Crippen molar-refractivity contribution in [2.75, 3.05) is 26.4 Å². The molecule has 3 N–H and O–H groups in total. The van der Waals surface area contributed by atoms with Crippen molar-refractivity contribution in [1.29, 1.82) is 0 Å². The van der Waals surface area contributed by atoms with E-state index in [1.165, 1.54) is 89.9 Å². The van der Waals surface area contributed by atoms with E-state index < -0.39 is 51.8 Å². The van der Waals surface area contributed by atoms with Crippen molar-refractivity contribution < 1.29 is 47.8 Å². The lowest BCUT2D eigenvalue weighted by molar-refractivity contribution is -0.161. The van der Waals surface area contributed by atoms with Crippen molar-refractivity contribution in [3.8, 4) is 0 Å². The molecule has 0 fully saturated rings. The molecule has 0 aromatic carbocycles. The number of rotatable bonds is 42. The number of hydrogen-bond acceptors (Lipinski definition) is 9. The Hall–Kier alpha value is -2.07. The molecule has 10 nitrogen and oxygen atoms in total. The van der Waals surface area contributed by atoms with E-state index in [2.05, 4.69) is 62.5 Å². The molecular formula is C46H83O10P. The molecule has 0 aliphatic carbocycles. The molecule has 0 heterocycles. The van der Waals surface area contributed by atoms with Gasteiger partial charge in [0, 0.05) is 12.8 Å². The van der Waals surface area contributed by atoms with E-state index in [9.17, 15) is 24.2 Å². The summed E-state index contributed by atoms with van der Waals surface area (Å²) in [6, 6.07) is 0. The normalized spacial score (nSPS) is 14.3. The Morgan fingerprint density at radius 3 is 1.44 bits per heavy atom. The lowest BCUT2D eigenvalue weighted by Gasteiger charge is -2.20. The molecule has 1 unspecified atom stereocenters. The van der Waals surface area contributed by atoms with Crippen LogP contribution in [0.4, 0.5) is 0 Å². The molecule has 0 rings (SSSR count). The molecule has 0 aromatic heterocycles. The van der Waals surface area contributed by atoms with E-state index in [0.717, 1.165) is 64.2 Å². The van der Waals surface area contributed by atoms with Crippen LogP contribution in [-0.4, -0.2) is 65.7 Å². The number of allylic oxidation sites excluding steroid dienone is 8. The summed E-state index contributed by atoms with van der Waals surface area (Å²) in [6.07, 6.45) is 45.0. The number of aliphatic hydroxyl groups excluding tert-OH is 2. The minimum absolute atomic E-state index is 0.179. The Kier molecular flexibility index (Phi) is 40.5. The number of hydrogen-bond donors (Lipinski definition) is 3. The monoisotopic (exact) mass is 827 g/mol. The topological polar surface area (TPSA) is 149 Å². The van der Waals surface area contributed by atoms with Gasteiger partial charge in [0.15, 0.2) is 6.10 Å². The van der Waals surface area contributed by atoms with Crippen LogP contribution in [0.2, 0.25) is 0 Å². The van der Waals surface area contributed by atoms with E-state index in [-0.39, 0.29) is 19.4 Å². The zero-order valence-corrected chi connectivity index (χ0v) is 36.9. The highest BCUT2D eigenvalue weighted by Gasteiger charge is 2.27. The molecule has 0 radical (unpaired) electrons. The van der Waals surface area contributed by atoms with Crippen molar-refractivity contribution >= 4 is 19.8 Å². The fourth-order valence-corrected chi connectivity index (χ4v) is 6.77. The minimum Gasteiger partial charge on any atom is -0.462 e. The van der Waals surface area contributed by atoms with Gasteiger partial charge in [0.25, 0.3) is 0 Å². The lowest BCUT2D eigenvalue weighted by Crippen LogP contribution is -2.29. The molecule has 3 atom stereocenters. The molecule has 57 heavy (non-hydrogen) atoms. The molecule has 332 valence electrons. The molecule has 11 heteroatoms. The van der Waals surface area contributed by atoms with Gasteiger partial charge in [-0.1, -0.05) is 178 Å². The Morgan fingerprint density at radius 2 is 0.947 bits per heavy atom. The maximum Gasteiger partial charge on any atom is 0.472 e. The largest absolute Gasteiger partial charge is 0.472 e. The Bertz CT molecular complexity index is 1090. The number of aliphatic hydroxyl groups is 2. The molecular weight excluding hydrogens is 743 g/mol. The van der Waals surface area contributed by atoms with E-state index in [4.69, 9.17) is 23.6 Å². The van der Waals surface area contributed by atoms with Crippen LogP contribution < -0.4 is 0 Å². The van der Waals surface area contributed by atoms with Gasteiger partial charge in [-0.2, -0.15) is 0 Å². The van der Waals surface area contributed by atoms with Gasteiger partial charge >= 0.3 is 19.8 Å². The van der Waals surface area contributed by atoms with Gasteiger partial charge in [-0.15, -0.1) is 0 Å². The van der Waals surface area contributed by atoms with Crippen LogP contribution in [0.5, 0.6) is 0 Å². The number of unbranched alkanes of at least 4 members (excludes halogenated alkanes) is 20. The quantitative estimate of drug-likeness (QED) is 0.0235. The van der Waals surface area contributed by atoms with Crippen LogP contribution in [0.3, 0.4) is 0 Å². The number of carbonyl (C=O) groups excluding carboxylic acids is 2. The van der Waals surface area contributed by atoms with Gasteiger partial charge < -0.3 is 24.6 Å². The third kappa shape index (κ3) is 41.9. The van der Waals surface area contributed by atoms with Gasteiger partial charge in [-0.25, -0.2) is 4.57 Å². The predicted octanol–water partition coefficient (Wildman–Crippen LogP) is 12.1. The van der Waals surface area contributed by atoms with Crippen LogP contribution in [0.1, 0.15) is 194 Å². The van der Waals surface area contributed by atoms with E-state index in [0.29, 0.717) is 12.8 Å². The summed E-state index contributed by atoms with van der Waals surface area (Å²) in [5, 5.41) is 18.3. The van der Waals surface area contributed by atoms with Crippen LogP contribution in [0, 0.1) is 0 Å². The van der Waals surface area contributed by atoms with Crippen LogP contribution in [-0.2, 0) is 32.7 Å². The second kappa shape index (κ2) is 42.1. The highest BCUT2D eigenvalue weighted by molar-refractivity contribution is 7.47. The van der Waals surface area contributed by atoms with Crippen molar-refractivity contribution in [1.82, 2.24) is 0 Å². The first-order valence-electron chi connectivity index (χ1n) is 22.6. The Balaban J connectivity index is 4.31. The van der Waals surface area contributed by atoms with Crippen LogP contribution >= 0.6 is 7.82 Å². The average Bonchev–Trinajstić information content (AvgIpc) is 3.20. The zero-order chi connectivity index (χ0) is 41.9. The minimum atomic E-state index is -4.63. The molecule has 0 aromatic rings. The van der Waals surface area contributed by atoms with Crippen molar-refractivity contribution in [3.05, 3.63) is 48.6 Å². The number of phosphoric acid groups is 1. The number of ether oxygens (including phenoxy) is 2. The number of esters is 2. The van der Waals surface area contributed by atoms with E-state index in [1.807, 2.05) is 0 Å². The SMILES string of the molecule is CCC/C=C/C/C=C/C/C=C/C/C=C/CCCCCC(=O)OC[C@H](COP(=O)(O)OC[C@@H](O)CO)OC(=O)CCCCCCCCCCCCCCCCCCC. The molecule has 0 bridgehead atoms. The van der Waals surface area contributed by atoms with Gasteiger partial charge in [0.05, 0.1) is 19.8 Å². The second-order valence-corrected chi connectivity index (χ2v) is 16.5. The molecule has 0 amide bonds.